The van der Waals surface area contributed by atoms with E-state index in [1.54, 1.807) is 23.3 Å². The van der Waals surface area contributed by atoms with Gasteiger partial charge in [0.15, 0.2) is 5.13 Å². The van der Waals surface area contributed by atoms with Crippen molar-refractivity contribution >= 4 is 22.5 Å². The lowest BCUT2D eigenvalue weighted by Crippen LogP contribution is -2.28. The van der Waals surface area contributed by atoms with Gasteiger partial charge in [0.25, 0.3) is 0 Å². The van der Waals surface area contributed by atoms with Gasteiger partial charge < -0.3 is 5.32 Å². The monoisotopic (exact) mass is 341 g/mol. The molecule has 0 spiro atoms. The summed E-state index contributed by atoms with van der Waals surface area (Å²) in [6.45, 7) is 0.289. The molecule has 3 aromatic heterocycles. The number of nitrogens with zero attached hydrogens (tertiary/aromatic N) is 5. The van der Waals surface area contributed by atoms with Crippen LogP contribution in [-0.2, 0) is 6.54 Å². The number of pyridine rings is 1. The Morgan fingerprint density at radius 3 is 2.96 bits per heavy atom. The molecule has 2 N–H and O–H groups in total. The molecule has 0 saturated heterocycles. The van der Waals surface area contributed by atoms with Gasteiger partial charge in [0.2, 0.25) is 0 Å². The molecule has 24 heavy (non-hydrogen) atoms. The Hall–Kier alpha value is -2.81. The molecule has 3 aromatic rings. The Labute approximate surface area is 142 Å². The molecule has 2 amide bonds. The molecule has 1 saturated carbocycles. The number of hydrogen-bond acceptors (Lipinski definition) is 6. The van der Waals surface area contributed by atoms with Crippen LogP contribution >= 0.6 is 11.3 Å². The Balaban J connectivity index is 1.31. The first-order valence-electron chi connectivity index (χ1n) is 7.60. The minimum Gasteiger partial charge on any atom is -0.332 e. The second-order valence-corrected chi connectivity index (χ2v) is 6.38. The van der Waals surface area contributed by atoms with Crippen molar-refractivity contribution in [3.8, 4) is 5.69 Å². The van der Waals surface area contributed by atoms with E-state index in [0.29, 0.717) is 16.7 Å². The van der Waals surface area contributed by atoms with Gasteiger partial charge in [-0.25, -0.2) is 14.5 Å². The molecule has 9 heteroatoms. The van der Waals surface area contributed by atoms with E-state index in [2.05, 4.69) is 30.9 Å². The average Bonchev–Trinajstić information content (AvgIpc) is 3.17. The fourth-order valence-corrected chi connectivity index (χ4v) is 3.01. The van der Waals surface area contributed by atoms with Gasteiger partial charge in [-0.3, -0.25) is 10.3 Å². The molecule has 0 radical (unpaired) electrons. The van der Waals surface area contributed by atoms with Gasteiger partial charge in [0.05, 0.1) is 24.1 Å². The first kappa shape index (κ1) is 14.8. The molecule has 1 fully saturated rings. The molecule has 1 aliphatic carbocycles. The van der Waals surface area contributed by atoms with Crippen LogP contribution in [-0.4, -0.2) is 31.0 Å². The smallest absolute Gasteiger partial charge is 0.321 e. The van der Waals surface area contributed by atoms with E-state index >= 15 is 0 Å². The Morgan fingerprint density at radius 1 is 1.33 bits per heavy atom. The molecule has 0 atom stereocenters. The summed E-state index contributed by atoms with van der Waals surface area (Å²) in [5, 5.41) is 16.2. The van der Waals surface area contributed by atoms with Gasteiger partial charge in [0.1, 0.15) is 5.69 Å². The van der Waals surface area contributed by atoms with Gasteiger partial charge in [-0.2, -0.15) is 0 Å². The standard InChI is InChI=1S/C15H15N7OS/c23-14(19-15-18-13(9-24-15)10-1-2-10)17-7-11-8-22(21-20-11)12-3-5-16-6-4-12/h3-6,8-10H,1-2,7H2,(H2,17,18,19,23). The predicted octanol–water partition coefficient (Wildman–Crippen LogP) is 2.32. The lowest BCUT2D eigenvalue weighted by molar-refractivity contribution is 0.251. The molecule has 3 heterocycles. The molecule has 0 bridgehead atoms. The third-order valence-corrected chi connectivity index (χ3v) is 4.41. The largest absolute Gasteiger partial charge is 0.332 e. The quantitative estimate of drug-likeness (QED) is 0.742. The molecule has 0 aromatic carbocycles. The van der Waals surface area contributed by atoms with E-state index < -0.39 is 0 Å². The van der Waals surface area contributed by atoms with Crippen molar-refractivity contribution in [1.82, 2.24) is 30.3 Å². The molecular formula is C15H15N7OS. The van der Waals surface area contributed by atoms with Crippen LogP contribution in [0.2, 0.25) is 0 Å². The highest BCUT2D eigenvalue weighted by Crippen LogP contribution is 2.40. The van der Waals surface area contributed by atoms with Crippen molar-refractivity contribution in [3.63, 3.8) is 0 Å². The molecule has 8 nitrogen and oxygen atoms in total. The fourth-order valence-electron chi connectivity index (χ4n) is 2.22. The van der Waals surface area contributed by atoms with Crippen LogP contribution in [0.5, 0.6) is 0 Å². The number of carbonyl (C=O) groups is 1. The van der Waals surface area contributed by atoms with E-state index in [0.717, 1.165) is 11.4 Å². The second-order valence-electron chi connectivity index (χ2n) is 5.52. The number of carbonyl (C=O) groups excluding carboxylic acids is 1. The molecule has 0 aliphatic heterocycles. The number of nitrogens with one attached hydrogen (secondary N) is 2. The molecule has 4 rings (SSSR count). The third kappa shape index (κ3) is 3.40. The van der Waals surface area contributed by atoms with Crippen molar-refractivity contribution in [2.75, 3.05) is 5.32 Å². The summed E-state index contributed by atoms with van der Waals surface area (Å²) in [5.41, 5.74) is 2.61. The van der Waals surface area contributed by atoms with Crippen LogP contribution in [0.15, 0.2) is 36.1 Å². The first-order valence-corrected chi connectivity index (χ1v) is 8.48. The van der Waals surface area contributed by atoms with Gasteiger partial charge in [-0.1, -0.05) is 5.21 Å². The zero-order chi connectivity index (χ0) is 16.4. The van der Waals surface area contributed by atoms with Crippen molar-refractivity contribution in [1.29, 1.82) is 0 Å². The summed E-state index contributed by atoms with van der Waals surface area (Å²) in [4.78, 5) is 20.3. The van der Waals surface area contributed by atoms with E-state index in [9.17, 15) is 4.79 Å². The number of amides is 2. The lowest BCUT2D eigenvalue weighted by atomic mass is 10.3. The summed E-state index contributed by atoms with van der Waals surface area (Å²) in [7, 11) is 0. The number of urea groups is 1. The summed E-state index contributed by atoms with van der Waals surface area (Å²) < 4.78 is 1.64. The molecule has 0 unspecified atom stereocenters. The van der Waals surface area contributed by atoms with Crippen LogP contribution in [0.1, 0.15) is 30.1 Å². The van der Waals surface area contributed by atoms with Gasteiger partial charge in [-0.05, 0) is 25.0 Å². The van der Waals surface area contributed by atoms with E-state index in [4.69, 9.17) is 0 Å². The van der Waals surface area contributed by atoms with Crippen molar-refractivity contribution in [3.05, 3.63) is 47.5 Å². The highest BCUT2D eigenvalue weighted by Gasteiger charge is 2.26. The van der Waals surface area contributed by atoms with Crippen molar-refractivity contribution in [2.45, 2.75) is 25.3 Å². The topological polar surface area (TPSA) is 97.6 Å². The zero-order valence-corrected chi connectivity index (χ0v) is 13.5. The first-order chi connectivity index (χ1) is 11.8. The number of aromatic nitrogens is 5. The maximum absolute atomic E-state index is 11.9. The van der Waals surface area contributed by atoms with Crippen molar-refractivity contribution < 1.29 is 4.79 Å². The average molecular weight is 341 g/mol. The van der Waals surface area contributed by atoms with Crippen LogP contribution in [0.3, 0.4) is 0 Å². The second kappa shape index (κ2) is 6.36. The maximum atomic E-state index is 11.9. The highest BCUT2D eigenvalue weighted by atomic mass is 32.1. The minimum absolute atomic E-state index is 0.289. The summed E-state index contributed by atoms with van der Waals surface area (Å²) in [6, 6.07) is 3.36. The van der Waals surface area contributed by atoms with Gasteiger partial charge >= 0.3 is 6.03 Å². The maximum Gasteiger partial charge on any atom is 0.321 e. The number of thiazole rings is 1. The Kier molecular flexibility index (Phi) is 3.91. The van der Waals surface area contributed by atoms with Gasteiger partial charge in [-0.15, -0.1) is 16.4 Å². The van der Waals surface area contributed by atoms with E-state index in [-0.39, 0.29) is 12.6 Å². The van der Waals surface area contributed by atoms with Gasteiger partial charge in [0, 0.05) is 23.7 Å². The third-order valence-electron chi connectivity index (χ3n) is 3.64. The fraction of sp³-hybridized carbons (Fsp3) is 0.267. The van der Waals surface area contributed by atoms with Crippen LogP contribution in [0, 0.1) is 0 Å². The van der Waals surface area contributed by atoms with E-state index in [1.807, 2.05) is 17.5 Å². The highest BCUT2D eigenvalue weighted by molar-refractivity contribution is 7.13. The van der Waals surface area contributed by atoms with Crippen molar-refractivity contribution in [2.24, 2.45) is 0 Å². The Morgan fingerprint density at radius 2 is 2.17 bits per heavy atom. The van der Waals surface area contributed by atoms with Crippen LogP contribution < -0.4 is 10.6 Å². The SMILES string of the molecule is O=C(NCc1cn(-c2ccncc2)nn1)Nc1nc(C2CC2)cs1. The number of rotatable bonds is 5. The predicted molar refractivity (Wildman–Crippen MR) is 89.1 cm³/mol. The van der Waals surface area contributed by atoms with Crippen LogP contribution in [0.25, 0.3) is 5.69 Å². The molecular weight excluding hydrogens is 326 g/mol. The summed E-state index contributed by atoms with van der Waals surface area (Å²) >= 11 is 1.45. The summed E-state index contributed by atoms with van der Waals surface area (Å²) in [5.74, 6) is 0.586. The normalized spacial score (nSPS) is 13.7. The zero-order valence-electron chi connectivity index (χ0n) is 12.7. The minimum atomic E-state index is -0.301. The lowest BCUT2D eigenvalue weighted by Gasteiger charge is -2.02. The number of hydrogen-bond donors (Lipinski definition) is 2. The van der Waals surface area contributed by atoms with Crippen LogP contribution in [0.4, 0.5) is 9.93 Å². The van der Waals surface area contributed by atoms with E-state index in [1.165, 1.54) is 24.2 Å². The summed E-state index contributed by atoms with van der Waals surface area (Å²) in [6.07, 6.45) is 7.54. The molecule has 122 valence electrons. The molecule has 1 aliphatic rings. The Bertz CT molecular complexity index is 840. The number of anilines is 1.